The molecule has 0 aromatic heterocycles. The van der Waals surface area contributed by atoms with Gasteiger partial charge in [-0.1, -0.05) is 63.9 Å². The largest absolute Gasteiger partial charge is 0.512 e. The van der Waals surface area contributed by atoms with E-state index < -0.39 is 0 Å². The third-order valence-electron chi connectivity index (χ3n) is 11.5. The molecule has 2 heteroatoms. The highest BCUT2D eigenvalue weighted by molar-refractivity contribution is 5.23. The number of aryl methyl sites for hydroxylation is 1. The van der Waals surface area contributed by atoms with Crippen LogP contribution in [0.2, 0.25) is 0 Å². The fraction of sp³-hybridized carbons (Fsp3) is 0.733. The zero-order chi connectivity index (χ0) is 22.7. The van der Waals surface area contributed by atoms with E-state index in [4.69, 9.17) is 4.74 Å². The summed E-state index contributed by atoms with van der Waals surface area (Å²) in [4.78, 5) is 0. The topological polar surface area (TPSA) is 29.5 Å². The first kappa shape index (κ1) is 22.5. The lowest BCUT2D eigenvalue weighted by Gasteiger charge is -2.61. The minimum atomic E-state index is -0.0564. The number of rotatable bonds is 4. The van der Waals surface area contributed by atoms with E-state index in [1.807, 2.05) is 0 Å². The standard InChI is InChI=1S/C30H44O2/c1-6-28(3)15-13-25-24-12-11-22-17-23(32-19-21-9-7-20(2)8-10-21)18-27(31)30(22,5)26(24)14-16-29(25,28)4/h7-10,18,22-26,31H,6,11-17,19H2,1-5H3/t22?,23?,24-,25-,26-,28-,29-,30-/m0/s1. The van der Waals surface area contributed by atoms with Crippen molar-refractivity contribution in [2.75, 3.05) is 0 Å². The summed E-state index contributed by atoms with van der Waals surface area (Å²) in [7, 11) is 0. The van der Waals surface area contributed by atoms with E-state index in [-0.39, 0.29) is 11.5 Å². The molecule has 176 valence electrons. The molecule has 3 saturated carbocycles. The molecule has 3 fully saturated rings. The lowest BCUT2D eigenvalue weighted by Crippen LogP contribution is -2.55. The van der Waals surface area contributed by atoms with Gasteiger partial charge in [-0.25, -0.2) is 0 Å². The van der Waals surface area contributed by atoms with Crippen molar-refractivity contribution in [3.05, 3.63) is 47.2 Å². The van der Waals surface area contributed by atoms with Gasteiger partial charge in [-0.15, -0.1) is 0 Å². The zero-order valence-electron chi connectivity index (χ0n) is 21.0. The molecule has 0 saturated heterocycles. The Morgan fingerprint density at radius 3 is 2.41 bits per heavy atom. The first-order valence-electron chi connectivity index (χ1n) is 13.3. The van der Waals surface area contributed by atoms with Gasteiger partial charge < -0.3 is 9.84 Å². The average molecular weight is 437 g/mol. The predicted octanol–water partition coefficient (Wildman–Crippen LogP) is 8.00. The molecule has 0 amide bonds. The molecule has 1 aromatic carbocycles. The van der Waals surface area contributed by atoms with Gasteiger partial charge in [-0.05, 0) is 98.0 Å². The van der Waals surface area contributed by atoms with Gasteiger partial charge in [0.2, 0.25) is 0 Å². The van der Waals surface area contributed by atoms with E-state index in [1.54, 1.807) is 0 Å². The molecule has 32 heavy (non-hydrogen) atoms. The number of hydrogen-bond donors (Lipinski definition) is 1. The molecule has 2 unspecified atom stereocenters. The Morgan fingerprint density at radius 2 is 1.69 bits per heavy atom. The average Bonchev–Trinajstić information content (AvgIpc) is 3.06. The summed E-state index contributed by atoms with van der Waals surface area (Å²) in [5.74, 6) is 3.43. The van der Waals surface area contributed by atoms with Gasteiger partial charge >= 0.3 is 0 Å². The number of aliphatic hydroxyl groups excluding tert-OH is 1. The minimum Gasteiger partial charge on any atom is -0.512 e. The molecule has 0 radical (unpaired) electrons. The summed E-state index contributed by atoms with van der Waals surface area (Å²) < 4.78 is 6.30. The Labute approximate surface area is 195 Å². The fourth-order valence-electron chi connectivity index (χ4n) is 8.84. The zero-order valence-corrected chi connectivity index (χ0v) is 21.0. The number of benzene rings is 1. The van der Waals surface area contributed by atoms with Gasteiger partial charge in [0.15, 0.2) is 0 Å². The van der Waals surface area contributed by atoms with E-state index in [2.05, 4.69) is 65.0 Å². The minimum absolute atomic E-state index is 0.0367. The van der Waals surface area contributed by atoms with E-state index in [0.29, 0.717) is 35.0 Å². The monoisotopic (exact) mass is 436 g/mol. The predicted molar refractivity (Wildman–Crippen MR) is 131 cm³/mol. The summed E-state index contributed by atoms with van der Waals surface area (Å²) >= 11 is 0. The van der Waals surface area contributed by atoms with Crippen molar-refractivity contribution in [1.29, 1.82) is 0 Å². The molecular formula is C30H44O2. The number of fused-ring (bicyclic) bond motifs is 5. The Hall–Kier alpha value is -1.28. The van der Waals surface area contributed by atoms with Crippen LogP contribution in [0.15, 0.2) is 36.1 Å². The number of aliphatic hydroxyl groups is 1. The van der Waals surface area contributed by atoms with Gasteiger partial charge in [0.25, 0.3) is 0 Å². The smallest absolute Gasteiger partial charge is 0.0973 e. The second kappa shape index (κ2) is 7.90. The van der Waals surface area contributed by atoms with Crippen LogP contribution in [0.1, 0.15) is 90.2 Å². The highest BCUT2D eigenvalue weighted by Gasteiger charge is 2.63. The van der Waals surface area contributed by atoms with Crippen molar-refractivity contribution < 1.29 is 9.84 Å². The first-order chi connectivity index (χ1) is 15.2. The number of allylic oxidation sites excluding steroid dienone is 1. The van der Waals surface area contributed by atoms with Crippen LogP contribution in [0.4, 0.5) is 0 Å². The van der Waals surface area contributed by atoms with Crippen LogP contribution in [0.5, 0.6) is 0 Å². The van der Waals surface area contributed by atoms with E-state index >= 15 is 0 Å². The Balaban J connectivity index is 1.34. The number of ether oxygens (including phenoxy) is 1. The van der Waals surface area contributed by atoms with E-state index in [1.165, 1.54) is 56.1 Å². The van der Waals surface area contributed by atoms with Gasteiger partial charge in [0.05, 0.1) is 18.5 Å². The van der Waals surface area contributed by atoms with Crippen LogP contribution in [-0.4, -0.2) is 11.2 Å². The fourth-order valence-corrected chi connectivity index (χ4v) is 8.84. The Morgan fingerprint density at radius 1 is 0.969 bits per heavy atom. The number of hydrogen-bond acceptors (Lipinski definition) is 2. The normalized spacial score (nSPS) is 45.5. The van der Waals surface area contributed by atoms with Crippen LogP contribution in [0, 0.1) is 46.8 Å². The van der Waals surface area contributed by atoms with Crippen LogP contribution >= 0.6 is 0 Å². The van der Waals surface area contributed by atoms with Gasteiger partial charge in [-0.3, -0.25) is 0 Å². The van der Waals surface area contributed by atoms with Gasteiger partial charge in [-0.2, -0.15) is 0 Å². The van der Waals surface area contributed by atoms with E-state index in [0.717, 1.165) is 18.3 Å². The molecule has 2 nitrogen and oxygen atoms in total. The van der Waals surface area contributed by atoms with Crippen molar-refractivity contribution in [2.45, 2.75) is 98.7 Å². The lowest BCUT2D eigenvalue weighted by atomic mass is 9.44. The van der Waals surface area contributed by atoms with Gasteiger partial charge in [0.1, 0.15) is 0 Å². The van der Waals surface area contributed by atoms with Crippen molar-refractivity contribution in [2.24, 2.45) is 39.9 Å². The summed E-state index contributed by atoms with van der Waals surface area (Å²) in [6.07, 6.45) is 12.5. The molecule has 1 aromatic rings. The summed E-state index contributed by atoms with van der Waals surface area (Å²) in [6, 6.07) is 8.60. The van der Waals surface area contributed by atoms with E-state index in [9.17, 15) is 5.11 Å². The van der Waals surface area contributed by atoms with Crippen molar-refractivity contribution in [3.63, 3.8) is 0 Å². The Kier molecular flexibility index (Phi) is 5.55. The second-order valence-corrected chi connectivity index (χ2v) is 12.5. The lowest BCUT2D eigenvalue weighted by molar-refractivity contribution is -0.123. The maximum absolute atomic E-state index is 11.4. The third kappa shape index (κ3) is 3.23. The molecule has 1 N–H and O–H groups in total. The van der Waals surface area contributed by atoms with Crippen molar-refractivity contribution in [3.8, 4) is 0 Å². The molecule has 8 atom stereocenters. The van der Waals surface area contributed by atoms with Crippen molar-refractivity contribution in [1.82, 2.24) is 0 Å². The second-order valence-electron chi connectivity index (χ2n) is 12.5. The molecule has 4 aliphatic rings. The van der Waals surface area contributed by atoms with Crippen LogP contribution in [-0.2, 0) is 11.3 Å². The van der Waals surface area contributed by atoms with Crippen LogP contribution < -0.4 is 0 Å². The summed E-state index contributed by atoms with van der Waals surface area (Å²) in [5.41, 5.74) is 3.42. The highest BCUT2D eigenvalue weighted by atomic mass is 16.5. The van der Waals surface area contributed by atoms with Crippen molar-refractivity contribution >= 4 is 0 Å². The highest BCUT2D eigenvalue weighted by Crippen LogP contribution is 2.71. The van der Waals surface area contributed by atoms with Crippen LogP contribution in [0.25, 0.3) is 0 Å². The molecule has 5 rings (SSSR count). The first-order valence-corrected chi connectivity index (χ1v) is 13.3. The quantitative estimate of drug-likeness (QED) is 0.518. The maximum atomic E-state index is 11.4. The molecule has 0 bridgehead atoms. The third-order valence-corrected chi connectivity index (χ3v) is 11.5. The summed E-state index contributed by atoms with van der Waals surface area (Å²) in [5, 5.41) is 11.4. The maximum Gasteiger partial charge on any atom is 0.0973 e. The molecule has 4 aliphatic carbocycles. The SMILES string of the molecule is CC[C@@]1(C)CC[C@H]2[C@@H]3CCC4CC(OCc5ccc(C)cc5)C=C(O)[C@]4(C)[C@H]3CC[C@@]21C. The molecular weight excluding hydrogens is 392 g/mol. The summed E-state index contributed by atoms with van der Waals surface area (Å²) in [6.45, 7) is 12.7. The van der Waals surface area contributed by atoms with Crippen LogP contribution in [0.3, 0.4) is 0 Å². The molecule has 0 heterocycles. The molecule has 0 spiro atoms. The molecule has 0 aliphatic heterocycles. The Bertz CT molecular complexity index is 871. The van der Waals surface area contributed by atoms with Gasteiger partial charge in [0, 0.05) is 5.41 Å².